The Morgan fingerprint density at radius 1 is 1.40 bits per heavy atom. The predicted octanol–water partition coefficient (Wildman–Crippen LogP) is 1.45. The number of hydrogen-bond donors (Lipinski definition) is 1. The van der Waals surface area contributed by atoms with E-state index in [2.05, 4.69) is 18.7 Å². The van der Waals surface area contributed by atoms with Gasteiger partial charge < -0.3 is 5.11 Å². The first-order chi connectivity index (χ1) is 6.73. The van der Waals surface area contributed by atoms with E-state index in [-0.39, 0.29) is 23.3 Å². The van der Waals surface area contributed by atoms with Gasteiger partial charge in [0.05, 0.1) is 12.1 Å². The lowest BCUT2D eigenvalue weighted by Gasteiger charge is -2.31. The fourth-order valence-electron chi connectivity index (χ4n) is 2.17. The van der Waals surface area contributed by atoms with Crippen LogP contribution in [0.15, 0.2) is 0 Å². The number of Topliss-reactive ketones (excluding diaryl/α,β-unsaturated/α-hetero) is 1. The number of aliphatic hydroxyl groups is 1. The summed E-state index contributed by atoms with van der Waals surface area (Å²) in [5.41, 5.74) is -0.318. The molecule has 1 aliphatic heterocycles. The maximum absolute atomic E-state index is 12.2. The van der Waals surface area contributed by atoms with E-state index in [0.717, 1.165) is 0 Å². The Labute approximate surface area is 92.5 Å². The van der Waals surface area contributed by atoms with Crippen LogP contribution in [0.2, 0.25) is 0 Å². The third kappa shape index (κ3) is 2.79. The highest BCUT2D eigenvalue weighted by Crippen LogP contribution is 2.28. The summed E-state index contributed by atoms with van der Waals surface area (Å²) < 4.78 is 0. The van der Waals surface area contributed by atoms with Crippen LogP contribution in [0.3, 0.4) is 0 Å². The molecule has 3 nitrogen and oxygen atoms in total. The summed E-state index contributed by atoms with van der Waals surface area (Å²) in [6, 6.07) is 0.221. The zero-order valence-corrected chi connectivity index (χ0v) is 10.4. The van der Waals surface area contributed by atoms with Crippen LogP contribution >= 0.6 is 0 Å². The Hall–Kier alpha value is -0.410. The summed E-state index contributed by atoms with van der Waals surface area (Å²) in [5.74, 6) is 0.243. The van der Waals surface area contributed by atoms with Crippen molar-refractivity contribution in [2.75, 3.05) is 6.54 Å². The van der Waals surface area contributed by atoms with E-state index >= 15 is 0 Å². The molecule has 1 heterocycles. The van der Waals surface area contributed by atoms with Gasteiger partial charge in [0.15, 0.2) is 5.78 Å². The molecule has 1 rings (SSSR count). The predicted molar refractivity (Wildman–Crippen MR) is 60.7 cm³/mol. The minimum absolute atomic E-state index is 0.0972. The lowest BCUT2D eigenvalue weighted by molar-refractivity contribution is -0.131. The fourth-order valence-corrected chi connectivity index (χ4v) is 2.17. The number of carbonyl (C=O) groups excluding carboxylic acids is 1. The van der Waals surface area contributed by atoms with Crippen LogP contribution in [-0.2, 0) is 4.79 Å². The monoisotopic (exact) mass is 213 g/mol. The van der Waals surface area contributed by atoms with Gasteiger partial charge in [-0.3, -0.25) is 9.69 Å². The van der Waals surface area contributed by atoms with Crippen LogP contribution in [0, 0.1) is 5.41 Å². The average Bonchev–Trinajstić information content (AvgIpc) is 2.44. The first-order valence-electron chi connectivity index (χ1n) is 5.71. The molecule has 0 aliphatic carbocycles. The lowest BCUT2D eigenvalue weighted by Crippen LogP contribution is -2.45. The Kier molecular flexibility index (Phi) is 3.56. The second kappa shape index (κ2) is 4.22. The van der Waals surface area contributed by atoms with E-state index in [1.807, 2.05) is 20.8 Å². The smallest absolute Gasteiger partial charge is 0.155 e. The molecule has 0 bridgehead atoms. The highest BCUT2D eigenvalue weighted by atomic mass is 16.3. The molecule has 2 atom stereocenters. The first-order valence-corrected chi connectivity index (χ1v) is 5.71. The average molecular weight is 213 g/mol. The summed E-state index contributed by atoms with van der Waals surface area (Å²) in [6.45, 7) is 10.6. The van der Waals surface area contributed by atoms with Crippen molar-refractivity contribution in [3.63, 3.8) is 0 Å². The second-order valence-electron chi connectivity index (χ2n) is 5.81. The van der Waals surface area contributed by atoms with Crippen LogP contribution in [0.25, 0.3) is 0 Å². The van der Waals surface area contributed by atoms with Crippen molar-refractivity contribution in [3.05, 3.63) is 0 Å². The molecular formula is C12H23NO2. The summed E-state index contributed by atoms with van der Waals surface area (Å²) >= 11 is 0. The number of aliphatic hydroxyl groups excluding tert-OH is 1. The van der Waals surface area contributed by atoms with Gasteiger partial charge in [-0.1, -0.05) is 20.8 Å². The summed E-state index contributed by atoms with van der Waals surface area (Å²) in [7, 11) is 0. The molecule has 3 heteroatoms. The van der Waals surface area contributed by atoms with E-state index in [1.54, 1.807) is 0 Å². The molecule has 0 radical (unpaired) electrons. The van der Waals surface area contributed by atoms with Gasteiger partial charge in [0.1, 0.15) is 0 Å². The normalized spacial score (nSPS) is 28.7. The van der Waals surface area contributed by atoms with Crippen LogP contribution in [-0.4, -0.2) is 40.5 Å². The van der Waals surface area contributed by atoms with Crippen molar-refractivity contribution >= 4 is 5.78 Å². The molecule has 1 aliphatic rings. The first kappa shape index (κ1) is 12.7. The van der Waals surface area contributed by atoms with Gasteiger partial charge in [0, 0.05) is 18.0 Å². The number of carbonyl (C=O) groups is 1. The van der Waals surface area contributed by atoms with Gasteiger partial charge in [0.25, 0.3) is 0 Å². The topological polar surface area (TPSA) is 40.5 Å². The SMILES string of the molecule is CC(C)N1C[C@H](O)C[C@H]1C(=O)C(C)(C)C. The van der Waals surface area contributed by atoms with Gasteiger partial charge in [-0.15, -0.1) is 0 Å². The number of likely N-dealkylation sites (tertiary alicyclic amines) is 1. The van der Waals surface area contributed by atoms with Crippen molar-refractivity contribution < 1.29 is 9.90 Å². The second-order valence-corrected chi connectivity index (χ2v) is 5.81. The molecule has 1 saturated heterocycles. The number of nitrogens with zero attached hydrogens (tertiary/aromatic N) is 1. The van der Waals surface area contributed by atoms with E-state index in [9.17, 15) is 9.90 Å². The zero-order valence-electron chi connectivity index (χ0n) is 10.4. The highest BCUT2D eigenvalue weighted by molar-refractivity contribution is 5.89. The molecule has 1 fully saturated rings. The minimum atomic E-state index is -0.344. The molecule has 0 unspecified atom stereocenters. The Bertz CT molecular complexity index is 242. The summed E-state index contributed by atoms with van der Waals surface area (Å²) in [6.07, 6.45) is 0.248. The Morgan fingerprint density at radius 3 is 2.33 bits per heavy atom. The van der Waals surface area contributed by atoms with Crippen LogP contribution in [0.1, 0.15) is 41.0 Å². The van der Waals surface area contributed by atoms with Crippen molar-refractivity contribution in [2.45, 2.75) is 59.2 Å². The van der Waals surface area contributed by atoms with Gasteiger partial charge >= 0.3 is 0 Å². The zero-order chi connectivity index (χ0) is 11.8. The molecule has 0 amide bonds. The maximum atomic E-state index is 12.2. The molecule has 1 N–H and O–H groups in total. The van der Waals surface area contributed by atoms with Crippen molar-refractivity contribution in [1.29, 1.82) is 0 Å². The molecule has 88 valence electrons. The number of ketones is 1. The standard InChI is InChI=1S/C12H23NO2/c1-8(2)13-7-9(14)6-10(13)11(15)12(3,4)5/h8-10,14H,6-7H2,1-5H3/t9-,10+/m1/s1. The third-order valence-electron chi connectivity index (χ3n) is 3.02. The lowest BCUT2D eigenvalue weighted by atomic mass is 9.85. The summed E-state index contributed by atoms with van der Waals surface area (Å²) in [5, 5.41) is 9.64. The molecular weight excluding hydrogens is 190 g/mol. The van der Waals surface area contributed by atoms with Gasteiger partial charge in [-0.2, -0.15) is 0 Å². The quantitative estimate of drug-likeness (QED) is 0.754. The van der Waals surface area contributed by atoms with Crippen LogP contribution in [0.5, 0.6) is 0 Å². The maximum Gasteiger partial charge on any atom is 0.155 e. The molecule has 15 heavy (non-hydrogen) atoms. The molecule has 0 aromatic carbocycles. The molecule has 0 aromatic heterocycles. The fraction of sp³-hybridized carbons (Fsp3) is 0.917. The number of β-amino-alcohol motifs (C(OH)–C–C–N with tert-alkyl or cyclic N) is 1. The van der Waals surface area contributed by atoms with Crippen molar-refractivity contribution in [1.82, 2.24) is 4.90 Å². The highest BCUT2D eigenvalue weighted by Gasteiger charge is 2.40. The van der Waals surface area contributed by atoms with Crippen LogP contribution in [0.4, 0.5) is 0 Å². The van der Waals surface area contributed by atoms with Crippen molar-refractivity contribution in [2.24, 2.45) is 5.41 Å². The molecule has 0 saturated carbocycles. The van der Waals surface area contributed by atoms with Crippen LogP contribution < -0.4 is 0 Å². The Morgan fingerprint density at radius 2 is 1.93 bits per heavy atom. The van der Waals surface area contributed by atoms with Gasteiger partial charge in [0.2, 0.25) is 0 Å². The summed E-state index contributed by atoms with van der Waals surface area (Å²) in [4.78, 5) is 14.3. The van der Waals surface area contributed by atoms with E-state index in [4.69, 9.17) is 0 Å². The van der Waals surface area contributed by atoms with Gasteiger partial charge in [-0.05, 0) is 20.3 Å². The van der Waals surface area contributed by atoms with Crippen molar-refractivity contribution in [3.8, 4) is 0 Å². The largest absolute Gasteiger partial charge is 0.392 e. The van der Waals surface area contributed by atoms with E-state index < -0.39 is 0 Å². The Balaban J connectivity index is 2.80. The number of rotatable bonds is 2. The number of hydrogen-bond acceptors (Lipinski definition) is 3. The van der Waals surface area contributed by atoms with E-state index in [0.29, 0.717) is 19.0 Å². The molecule has 0 aromatic rings. The third-order valence-corrected chi connectivity index (χ3v) is 3.02. The van der Waals surface area contributed by atoms with Gasteiger partial charge in [-0.25, -0.2) is 0 Å². The molecule has 0 spiro atoms. The van der Waals surface area contributed by atoms with E-state index in [1.165, 1.54) is 0 Å². The minimum Gasteiger partial charge on any atom is -0.392 e.